The molecular formula is C13H15N3O. The molecular weight excluding hydrogens is 214 g/mol. The molecule has 0 saturated carbocycles. The number of benzene rings is 1. The fourth-order valence-corrected chi connectivity index (χ4v) is 1.68. The van der Waals surface area contributed by atoms with E-state index < -0.39 is 0 Å². The molecule has 17 heavy (non-hydrogen) atoms. The van der Waals surface area contributed by atoms with Crippen LogP contribution < -0.4 is 11.3 Å². The highest BCUT2D eigenvalue weighted by Crippen LogP contribution is 2.20. The molecule has 0 fully saturated rings. The van der Waals surface area contributed by atoms with Gasteiger partial charge in [0.1, 0.15) is 5.82 Å². The summed E-state index contributed by atoms with van der Waals surface area (Å²) in [5, 5.41) is 6.02. The Bertz CT molecular complexity index is 570. The molecule has 1 aromatic carbocycles. The predicted octanol–water partition coefficient (Wildman–Crippen LogP) is 2.14. The van der Waals surface area contributed by atoms with Gasteiger partial charge in [0, 0.05) is 0 Å². The maximum atomic E-state index is 11.6. The van der Waals surface area contributed by atoms with Crippen LogP contribution in [0.3, 0.4) is 0 Å². The van der Waals surface area contributed by atoms with E-state index in [0.29, 0.717) is 17.3 Å². The minimum Gasteiger partial charge on any atom is -0.382 e. The third-order valence-corrected chi connectivity index (χ3v) is 2.71. The van der Waals surface area contributed by atoms with Crippen molar-refractivity contribution in [3.63, 3.8) is 0 Å². The largest absolute Gasteiger partial charge is 0.382 e. The number of anilines is 1. The van der Waals surface area contributed by atoms with Crippen molar-refractivity contribution in [3.8, 4) is 11.1 Å². The Morgan fingerprint density at radius 1 is 1.24 bits per heavy atom. The van der Waals surface area contributed by atoms with Crippen LogP contribution in [0.5, 0.6) is 0 Å². The molecule has 0 atom stereocenters. The van der Waals surface area contributed by atoms with Crippen LogP contribution in [0.15, 0.2) is 35.1 Å². The van der Waals surface area contributed by atoms with Crippen molar-refractivity contribution in [1.29, 1.82) is 0 Å². The summed E-state index contributed by atoms with van der Waals surface area (Å²) in [6.07, 6.45) is 0. The zero-order valence-electron chi connectivity index (χ0n) is 9.90. The van der Waals surface area contributed by atoms with Crippen LogP contribution in [-0.4, -0.2) is 10.2 Å². The highest BCUT2D eigenvalue weighted by atomic mass is 16.1. The van der Waals surface area contributed by atoms with Crippen molar-refractivity contribution in [1.82, 2.24) is 10.2 Å². The van der Waals surface area contributed by atoms with Gasteiger partial charge in [-0.15, -0.1) is 0 Å². The van der Waals surface area contributed by atoms with Gasteiger partial charge in [-0.3, -0.25) is 4.79 Å². The van der Waals surface area contributed by atoms with Gasteiger partial charge in [0.2, 0.25) is 0 Å². The first-order valence-electron chi connectivity index (χ1n) is 5.53. The number of aromatic nitrogens is 2. The van der Waals surface area contributed by atoms with Crippen LogP contribution in [0.4, 0.5) is 5.82 Å². The van der Waals surface area contributed by atoms with E-state index in [4.69, 9.17) is 5.73 Å². The van der Waals surface area contributed by atoms with Crippen LogP contribution in [-0.2, 0) is 0 Å². The van der Waals surface area contributed by atoms with E-state index in [1.807, 2.05) is 24.3 Å². The number of hydrogen-bond acceptors (Lipinski definition) is 3. The van der Waals surface area contributed by atoms with Crippen LogP contribution in [0.2, 0.25) is 0 Å². The zero-order valence-corrected chi connectivity index (χ0v) is 9.90. The summed E-state index contributed by atoms with van der Waals surface area (Å²) in [6, 6.07) is 9.49. The van der Waals surface area contributed by atoms with E-state index in [1.165, 1.54) is 5.56 Å². The van der Waals surface area contributed by atoms with Gasteiger partial charge in [-0.25, -0.2) is 5.10 Å². The average molecular weight is 229 g/mol. The highest BCUT2D eigenvalue weighted by Gasteiger charge is 2.05. The van der Waals surface area contributed by atoms with Crippen molar-refractivity contribution in [2.24, 2.45) is 0 Å². The Labute approximate surface area is 99.5 Å². The maximum absolute atomic E-state index is 11.6. The summed E-state index contributed by atoms with van der Waals surface area (Å²) >= 11 is 0. The van der Waals surface area contributed by atoms with Crippen molar-refractivity contribution >= 4 is 5.82 Å². The molecule has 0 aliphatic rings. The van der Waals surface area contributed by atoms with Crippen molar-refractivity contribution in [2.45, 2.75) is 19.8 Å². The van der Waals surface area contributed by atoms with Gasteiger partial charge in [0.25, 0.3) is 5.56 Å². The van der Waals surface area contributed by atoms with Crippen molar-refractivity contribution in [3.05, 3.63) is 46.2 Å². The number of nitrogen functional groups attached to an aromatic ring is 1. The predicted molar refractivity (Wildman–Crippen MR) is 68.8 cm³/mol. The first-order valence-corrected chi connectivity index (χ1v) is 5.53. The SMILES string of the molecule is CC(C)c1ccc(-c2cc(N)n[nH]c2=O)cc1. The van der Waals surface area contributed by atoms with E-state index in [2.05, 4.69) is 24.0 Å². The molecule has 4 heteroatoms. The number of nitrogens with two attached hydrogens (primary N) is 1. The monoisotopic (exact) mass is 229 g/mol. The Morgan fingerprint density at radius 3 is 2.47 bits per heavy atom. The molecule has 2 aromatic rings. The summed E-state index contributed by atoms with van der Waals surface area (Å²) in [6.45, 7) is 4.26. The maximum Gasteiger partial charge on any atom is 0.272 e. The molecule has 1 aromatic heterocycles. The zero-order chi connectivity index (χ0) is 12.4. The van der Waals surface area contributed by atoms with Crippen LogP contribution >= 0.6 is 0 Å². The van der Waals surface area contributed by atoms with Gasteiger partial charge in [0.15, 0.2) is 0 Å². The van der Waals surface area contributed by atoms with Crippen LogP contribution in [0.25, 0.3) is 11.1 Å². The topological polar surface area (TPSA) is 71.8 Å². The molecule has 0 amide bonds. The first kappa shape index (κ1) is 11.4. The number of nitrogens with zero attached hydrogens (tertiary/aromatic N) is 1. The minimum absolute atomic E-state index is 0.225. The van der Waals surface area contributed by atoms with E-state index in [9.17, 15) is 4.79 Å². The third kappa shape index (κ3) is 2.36. The summed E-state index contributed by atoms with van der Waals surface area (Å²) in [5.74, 6) is 0.789. The Morgan fingerprint density at radius 2 is 1.88 bits per heavy atom. The summed E-state index contributed by atoms with van der Waals surface area (Å²) < 4.78 is 0. The summed E-state index contributed by atoms with van der Waals surface area (Å²) in [5.41, 5.74) is 7.98. The number of aromatic amines is 1. The van der Waals surface area contributed by atoms with Gasteiger partial charge in [-0.1, -0.05) is 38.1 Å². The first-order chi connectivity index (χ1) is 8.08. The lowest BCUT2D eigenvalue weighted by Crippen LogP contribution is -2.12. The van der Waals surface area contributed by atoms with Gasteiger partial charge in [-0.05, 0) is 23.1 Å². The number of nitrogens with one attached hydrogen (secondary N) is 1. The lowest BCUT2D eigenvalue weighted by atomic mass is 9.99. The van der Waals surface area contributed by atoms with Gasteiger partial charge < -0.3 is 5.73 Å². The second kappa shape index (κ2) is 4.41. The minimum atomic E-state index is -0.225. The van der Waals surface area contributed by atoms with E-state index >= 15 is 0 Å². The van der Waals surface area contributed by atoms with Gasteiger partial charge in [0.05, 0.1) is 5.56 Å². The van der Waals surface area contributed by atoms with E-state index in [1.54, 1.807) is 6.07 Å². The van der Waals surface area contributed by atoms with Crippen LogP contribution in [0, 0.1) is 0 Å². The molecule has 0 unspecified atom stereocenters. The summed E-state index contributed by atoms with van der Waals surface area (Å²) in [7, 11) is 0. The number of rotatable bonds is 2. The molecule has 1 heterocycles. The normalized spacial score (nSPS) is 10.8. The molecule has 0 spiro atoms. The molecule has 0 bridgehead atoms. The molecule has 2 rings (SSSR count). The lowest BCUT2D eigenvalue weighted by molar-refractivity contribution is 0.867. The smallest absolute Gasteiger partial charge is 0.272 e. The molecule has 4 nitrogen and oxygen atoms in total. The highest BCUT2D eigenvalue weighted by molar-refractivity contribution is 5.64. The molecule has 0 radical (unpaired) electrons. The molecule has 0 aliphatic carbocycles. The quantitative estimate of drug-likeness (QED) is 0.828. The lowest BCUT2D eigenvalue weighted by Gasteiger charge is -2.06. The molecule has 3 N–H and O–H groups in total. The van der Waals surface area contributed by atoms with Crippen LogP contribution in [0.1, 0.15) is 25.3 Å². The van der Waals surface area contributed by atoms with Gasteiger partial charge in [-0.2, -0.15) is 5.10 Å². The number of H-pyrrole nitrogens is 1. The fraction of sp³-hybridized carbons (Fsp3) is 0.231. The standard InChI is InChI=1S/C13H15N3O/c1-8(2)9-3-5-10(6-4-9)11-7-12(14)15-16-13(11)17/h3-8H,1-2H3,(H2,14,15)(H,16,17). The van der Waals surface area contributed by atoms with Gasteiger partial charge >= 0.3 is 0 Å². The second-order valence-corrected chi connectivity index (χ2v) is 4.31. The Balaban J connectivity index is 2.46. The van der Waals surface area contributed by atoms with E-state index in [-0.39, 0.29) is 5.56 Å². The molecule has 0 aliphatic heterocycles. The Hall–Kier alpha value is -2.10. The average Bonchev–Trinajstić information content (AvgIpc) is 2.32. The molecule has 88 valence electrons. The third-order valence-electron chi connectivity index (χ3n) is 2.71. The van der Waals surface area contributed by atoms with Crippen molar-refractivity contribution in [2.75, 3.05) is 5.73 Å². The van der Waals surface area contributed by atoms with Crippen molar-refractivity contribution < 1.29 is 0 Å². The van der Waals surface area contributed by atoms with E-state index in [0.717, 1.165) is 5.56 Å². The summed E-state index contributed by atoms with van der Waals surface area (Å²) in [4.78, 5) is 11.6. The second-order valence-electron chi connectivity index (χ2n) is 4.31. The molecule has 0 saturated heterocycles. The number of hydrogen-bond donors (Lipinski definition) is 2. The Kier molecular flexibility index (Phi) is 2.95. The fourth-order valence-electron chi connectivity index (χ4n) is 1.68.